The monoisotopic (exact) mass is 218 g/mol. The second kappa shape index (κ2) is 2.64. The van der Waals surface area contributed by atoms with Crippen molar-refractivity contribution in [1.29, 1.82) is 0 Å². The van der Waals surface area contributed by atoms with Gasteiger partial charge in [0.2, 0.25) is 0 Å². The van der Waals surface area contributed by atoms with Gasteiger partial charge in [-0.25, -0.2) is 0 Å². The zero-order valence-electron chi connectivity index (χ0n) is 9.64. The van der Waals surface area contributed by atoms with Gasteiger partial charge in [0.1, 0.15) is 0 Å². The molecule has 1 fully saturated rings. The van der Waals surface area contributed by atoms with Crippen molar-refractivity contribution in [3.8, 4) is 0 Å². The van der Waals surface area contributed by atoms with E-state index >= 15 is 0 Å². The quantitative estimate of drug-likeness (QED) is 0.630. The van der Waals surface area contributed by atoms with Gasteiger partial charge in [-0.05, 0) is 52.3 Å². The summed E-state index contributed by atoms with van der Waals surface area (Å²) >= 11 is 0. The minimum absolute atomic E-state index is 0.839. The lowest BCUT2D eigenvalue weighted by atomic mass is 9.45. The summed E-state index contributed by atoms with van der Waals surface area (Å²) in [5, 5.41) is 0. The van der Waals surface area contributed by atoms with E-state index in [1.807, 2.05) is 0 Å². The van der Waals surface area contributed by atoms with Crippen molar-refractivity contribution in [2.24, 2.45) is 5.92 Å². The highest BCUT2D eigenvalue weighted by molar-refractivity contribution is 5.58. The van der Waals surface area contributed by atoms with Crippen LogP contribution in [0.2, 0.25) is 0 Å². The van der Waals surface area contributed by atoms with Gasteiger partial charge in [-0.1, -0.05) is 48.5 Å². The van der Waals surface area contributed by atoms with Crippen LogP contribution in [0.25, 0.3) is 0 Å². The van der Waals surface area contributed by atoms with E-state index < -0.39 is 0 Å². The summed E-state index contributed by atoms with van der Waals surface area (Å²) in [5.41, 5.74) is 6.54. The van der Waals surface area contributed by atoms with Crippen molar-refractivity contribution in [3.63, 3.8) is 0 Å². The third-order valence-electron chi connectivity index (χ3n) is 5.28. The zero-order valence-corrected chi connectivity index (χ0v) is 9.64. The molecule has 0 heteroatoms. The Kier molecular flexibility index (Phi) is 1.32. The van der Waals surface area contributed by atoms with Crippen molar-refractivity contribution in [3.05, 3.63) is 70.8 Å². The molecule has 2 aromatic carbocycles. The molecule has 0 N–H and O–H groups in total. The van der Waals surface area contributed by atoms with Crippen LogP contribution in [0.1, 0.15) is 40.0 Å². The summed E-state index contributed by atoms with van der Waals surface area (Å²) in [6.45, 7) is 0. The summed E-state index contributed by atoms with van der Waals surface area (Å²) in [6.07, 6.45) is 1.32. The van der Waals surface area contributed by atoms with E-state index in [2.05, 4.69) is 48.5 Å². The number of hydrogen-bond acceptors (Lipinski definition) is 0. The van der Waals surface area contributed by atoms with E-state index in [4.69, 9.17) is 0 Å². The second-order valence-electron chi connectivity index (χ2n) is 5.77. The third kappa shape index (κ3) is 0.813. The number of rotatable bonds is 0. The van der Waals surface area contributed by atoms with E-state index in [1.54, 1.807) is 22.3 Å². The van der Waals surface area contributed by atoms with Crippen molar-refractivity contribution in [2.75, 3.05) is 0 Å². The first kappa shape index (κ1) is 8.52. The van der Waals surface area contributed by atoms with E-state index in [9.17, 15) is 0 Å². The predicted octanol–water partition coefficient (Wildman–Crippen LogP) is 3.84. The standard InChI is InChI=1S/C17H14/c1-2-6-11-10(5-1)9-14-15(11)17-13-8-4-3-7-12(13)16(14)17/h1-8,14-17H,9H2/t14?,15-,16+,17-/m1/s1. The molecule has 5 rings (SSSR count). The molecule has 0 spiro atoms. The molecule has 4 atom stereocenters. The van der Waals surface area contributed by atoms with Gasteiger partial charge < -0.3 is 0 Å². The van der Waals surface area contributed by atoms with E-state index in [0.29, 0.717) is 0 Å². The van der Waals surface area contributed by atoms with E-state index in [-0.39, 0.29) is 0 Å². The summed E-state index contributed by atoms with van der Waals surface area (Å²) in [5.74, 6) is 3.47. The van der Waals surface area contributed by atoms with Crippen LogP contribution in [0.15, 0.2) is 48.5 Å². The third-order valence-corrected chi connectivity index (χ3v) is 5.28. The molecule has 17 heavy (non-hydrogen) atoms. The van der Waals surface area contributed by atoms with Crippen LogP contribution < -0.4 is 0 Å². The first-order valence-corrected chi connectivity index (χ1v) is 6.62. The Bertz CT molecular complexity index is 619. The van der Waals surface area contributed by atoms with Crippen molar-refractivity contribution >= 4 is 0 Å². The largest absolute Gasteiger partial charge is 0.0620 e. The molecule has 0 nitrogen and oxygen atoms in total. The lowest BCUT2D eigenvalue weighted by Crippen LogP contribution is -2.46. The molecular formula is C17H14. The van der Waals surface area contributed by atoms with E-state index in [1.165, 1.54) is 6.42 Å². The SMILES string of the molecule is c1ccc2c(c1)CC1[C@@H]2[C@H]2c3ccccc3[C@@H]12. The van der Waals surface area contributed by atoms with Gasteiger partial charge >= 0.3 is 0 Å². The smallest absolute Gasteiger partial charge is 0.00152 e. The van der Waals surface area contributed by atoms with Gasteiger partial charge in [-0.2, -0.15) is 0 Å². The fraction of sp³-hybridized carbons (Fsp3) is 0.294. The highest BCUT2D eigenvalue weighted by Crippen LogP contribution is 2.73. The molecule has 2 aromatic rings. The topological polar surface area (TPSA) is 0 Å². The average Bonchev–Trinajstić information content (AvgIpc) is 2.64. The van der Waals surface area contributed by atoms with Crippen LogP contribution in [-0.2, 0) is 6.42 Å². The molecule has 82 valence electrons. The highest BCUT2D eigenvalue weighted by Gasteiger charge is 2.61. The molecule has 1 unspecified atom stereocenters. The van der Waals surface area contributed by atoms with Crippen LogP contribution in [0.4, 0.5) is 0 Å². The van der Waals surface area contributed by atoms with Gasteiger partial charge in [0, 0.05) is 0 Å². The van der Waals surface area contributed by atoms with Crippen LogP contribution in [0.5, 0.6) is 0 Å². The van der Waals surface area contributed by atoms with Crippen LogP contribution in [0.3, 0.4) is 0 Å². The van der Waals surface area contributed by atoms with Crippen LogP contribution >= 0.6 is 0 Å². The lowest BCUT2D eigenvalue weighted by molar-refractivity contribution is 0.139. The maximum atomic E-state index is 2.36. The molecule has 3 aliphatic rings. The predicted molar refractivity (Wildman–Crippen MR) is 68.3 cm³/mol. The molecule has 0 aromatic heterocycles. The lowest BCUT2D eigenvalue weighted by Gasteiger charge is -2.58. The fourth-order valence-electron chi connectivity index (χ4n) is 4.64. The molecule has 0 bridgehead atoms. The Balaban J connectivity index is 1.67. The Labute approximate surface area is 101 Å². The summed E-state index contributed by atoms with van der Waals surface area (Å²) in [7, 11) is 0. The van der Waals surface area contributed by atoms with Gasteiger partial charge in [-0.15, -0.1) is 0 Å². The maximum absolute atomic E-state index is 2.36. The Morgan fingerprint density at radius 3 is 2.06 bits per heavy atom. The number of hydrogen-bond donors (Lipinski definition) is 0. The van der Waals surface area contributed by atoms with Crippen LogP contribution in [-0.4, -0.2) is 0 Å². The molecule has 0 amide bonds. The molecule has 3 aliphatic carbocycles. The van der Waals surface area contributed by atoms with Gasteiger partial charge in [0.25, 0.3) is 0 Å². The molecule has 0 radical (unpaired) electrons. The van der Waals surface area contributed by atoms with Crippen molar-refractivity contribution in [2.45, 2.75) is 24.2 Å². The van der Waals surface area contributed by atoms with Crippen LogP contribution in [0, 0.1) is 5.92 Å². The second-order valence-corrected chi connectivity index (χ2v) is 5.77. The summed E-state index contributed by atoms with van der Waals surface area (Å²) < 4.78 is 0. The molecular weight excluding hydrogens is 204 g/mol. The highest BCUT2D eigenvalue weighted by atomic mass is 14.6. The first-order valence-electron chi connectivity index (χ1n) is 6.62. The summed E-state index contributed by atoms with van der Waals surface area (Å²) in [4.78, 5) is 0. The van der Waals surface area contributed by atoms with Crippen molar-refractivity contribution < 1.29 is 0 Å². The van der Waals surface area contributed by atoms with E-state index in [0.717, 1.165) is 23.7 Å². The average molecular weight is 218 g/mol. The van der Waals surface area contributed by atoms with Gasteiger partial charge in [-0.3, -0.25) is 0 Å². The normalized spacial score (nSPS) is 34.8. The molecule has 0 saturated heterocycles. The first-order chi connectivity index (χ1) is 8.45. The Hall–Kier alpha value is -1.56. The maximum Gasteiger partial charge on any atom is -0.00152 e. The minimum Gasteiger partial charge on any atom is -0.0620 e. The number of fused-ring (bicyclic) bond motifs is 9. The molecule has 0 heterocycles. The molecule has 0 aliphatic heterocycles. The molecule has 1 saturated carbocycles. The summed E-state index contributed by atoms with van der Waals surface area (Å²) in [6, 6.07) is 18.2. The number of benzene rings is 2. The Morgan fingerprint density at radius 1 is 0.647 bits per heavy atom. The van der Waals surface area contributed by atoms with Crippen molar-refractivity contribution in [1.82, 2.24) is 0 Å². The van der Waals surface area contributed by atoms with Gasteiger partial charge in [0.05, 0.1) is 0 Å². The Morgan fingerprint density at radius 2 is 1.24 bits per heavy atom. The van der Waals surface area contributed by atoms with Gasteiger partial charge in [0.15, 0.2) is 0 Å². The minimum atomic E-state index is 0.839. The zero-order chi connectivity index (χ0) is 11.0. The fourth-order valence-corrected chi connectivity index (χ4v) is 4.64.